The van der Waals surface area contributed by atoms with Crippen LogP contribution in [0.2, 0.25) is 0 Å². The van der Waals surface area contributed by atoms with Crippen molar-refractivity contribution in [3.8, 4) is 0 Å². The molecule has 1 fully saturated rings. The molecule has 2 rings (SSSR count). The van der Waals surface area contributed by atoms with Crippen molar-refractivity contribution in [2.45, 2.75) is 24.1 Å². The SMILES string of the molecule is CS(=O)(=O)c1nnc([C@@H]2CCCN2C(=O)CCl)o1. The van der Waals surface area contributed by atoms with Crippen molar-refractivity contribution >= 4 is 27.3 Å². The number of halogens is 1. The molecule has 0 aromatic carbocycles. The summed E-state index contributed by atoms with van der Waals surface area (Å²) in [5.41, 5.74) is 0. The number of hydrogen-bond acceptors (Lipinski definition) is 6. The van der Waals surface area contributed by atoms with Gasteiger partial charge < -0.3 is 9.32 Å². The Bertz CT molecular complexity index is 556. The van der Waals surface area contributed by atoms with Crippen LogP contribution < -0.4 is 0 Å². The Kier molecular flexibility index (Phi) is 3.58. The second-order valence-electron chi connectivity index (χ2n) is 4.06. The molecule has 1 aromatic rings. The van der Waals surface area contributed by atoms with Gasteiger partial charge in [0.1, 0.15) is 11.9 Å². The largest absolute Gasteiger partial charge is 0.410 e. The van der Waals surface area contributed by atoms with E-state index in [1.165, 1.54) is 4.90 Å². The molecule has 0 spiro atoms. The Hall–Kier alpha value is -1.15. The second-order valence-corrected chi connectivity index (χ2v) is 6.22. The molecule has 0 unspecified atom stereocenters. The zero-order valence-corrected chi connectivity index (χ0v) is 11.2. The van der Waals surface area contributed by atoms with Crippen molar-refractivity contribution in [2.75, 3.05) is 18.7 Å². The van der Waals surface area contributed by atoms with E-state index in [0.29, 0.717) is 13.0 Å². The van der Waals surface area contributed by atoms with Gasteiger partial charge in [-0.15, -0.1) is 16.7 Å². The number of rotatable bonds is 3. The standard InChI is InChI=1S/C9H12ClN3O4S/c1-18(15,16)9-12-11-8(17-9)6-3-2-4-13(6)7(14)5-10/h6H,2-5H2,1H3/t6-/m0/s1. The molecular weight excluding hydrogens is 282 g/mol. The molecule has 0 N–H and O–H groups in total. The fraction of sp³-hybridized carbons (Fsp3) is 0.667. The van der Waals surface area contributed by atoms with Gasteiger partial charge in [-0.1, -0.05) is 5.10 Å². The fourth-order valence-electron chi connectivity index (χ4n) is 1.90. The predicted molar refractivity (Wildman–Crippen MR) is 61.8 cm³/mol. The van der Waals surface area contributed by atoms with E-state index < -0.39 is 15.1 Å². The molecule has 0 saturated carbocycles. The van der Waals surface area contributed by atoms with Crippen LogP contribution in [0, 0.1) is 0 Å². The molecule has 2 heterocycles. The van der Waals surface area contributed by atoms with E-state index >= 15 is 0 Å². The first-order valence-corrected chi connectivity index (χ1v) is 7.75. The summed E-state index contributed by atoms with van der Waals surface area (Å²) in [6.07, 6.45) is 2.44. The number of sulfone groups is 1. The van der Waals surface area contributed by atoms with Gasteiger partial charge in [0, 0.05) is 12.8 Å². The first-order valence-electron chi connectivity index (χ1n) is 5.32. The van der Waals surface area contributed by atoms with Crippen LogP contribution in [0.4, 0.5) is 0 Å². The normalized spacial score (nSPS) is 20.3. The quantitative estimate of drug-likeness (QED) is 0.748. The number of carbonyl (C=O) groups excluding carboxylic acids is 1. The highest BCUT2D eigenvalue weighted by Crippen LogP contribution is 2.31. The molecule has 1 atom stereocenters. The van der Waals surface area contributed by atoms with E-state index in [0.717, 1.165) is 12.7 Å². The van der Waals surface area contributed by atoms with Gasteiger partial charge in [-0.3, -0.25) is 4.79 Å². The van der Waals surface area contributed by atoms with Gasteiger partial charge in [-0.2, -0.15) is 0 Å². The highest BCUT2D eigenvalue weighted by atomic mass is 35.5. The maximum Gasteiger partial charge on any atom is 0.335 e. The van der Waals surface area contributed by atoms with Gasteiger partial charge in [0.15, 0.2) is 0 Å². The van der Waals surface area contributed by atoms with Gasteiger partial charge >= 0.3 is 5.22 Å². The minimum atomic E-state index is -3.52. The van der Waals surface area contributed by atoms with Crippen molar-refractivity contribution in [1.29, 1.82) is 0 Å². The van der Waals surface area contributed by atoms with E-state index in [1.807, 2.05) is 0 Å². The third-order valence-electron chi connectivity index (χ3n) is 2.71. The molecule has 0 radical (unpaired) electrons. The topological polar surface area (TPSA) is 93.4 Å². The molecule has 1 saturated heterocycles. The van der Waals surface area contributed by atoms with Gasteiger partial charge in [-0.05, 0) is 12.8 Å². The molecule has 1 aliphatic rings. The number of amides is 1. The predicted octanol–water partition coefficient (Wildman–Crippen LogP) is 0.375. The van der Waals surface area contributed by atoms with Crippen LogP contribution in [-0.4, -0.2) is 48.1 Å². The number of carbonyl (C=O) groups is 1. The third kappa shape index (κ3) is 2.49. The molecule has 1 aliphatic heterocycles. The molecule has 1 aromatic heterocycles. The minimum Gasteiger partial charge on any atom is -0.410 e. The maximum atomic E-state index is 11.6. The smallest absolute Gasteiger partial charge is 0.335 e. The Morgan fingerprint density at radius 1 is 1.56 bits per heavy atom. The van der Waals surface area contributed by atoms with Gasteiger partial charge in [0.2, 0.25) is 21.6 Å². The molecule has 0 aliphatic carbocycles. The average Bonchev–Trinajstić information content (AvgIpc) is 2.94. The molecular formula is C9H12ClN3O4S. The summed E-state index contributed by atoms with van der Waals surface area (Å²) in [6, 6.07) is -0.376. The Morgan fingerprint density at radius 2 is 2.28 bits per heavy atom. The van der Waals surface area contributed by atoms with E-state index in [-0.39, 0.29) is 23.7 Å². The molecule has 1 amide bonds. The van der Waals surface area contributed by atoms with Crippen LogP contribution in [0.3, 0.4) is 0 Å². The lowest BCUT2D eigenvalue weighted by atomic mass is 10.2. The maximum absolute atomic E-state index is 11.6. The van der Waals surface area contributed by atoms with Crippen LogP contribution in [0.25, 0.3) is 0 Å². The number of hydrogen-bond donors (Lipinski definition) is 0. The lowest BCUT2D eigenvalue weighted by molar-refractivity contribution is -0.129. The van der Waals surface area contributed by atoms with Gasteiger partial charge in [-0.25, -0.2) is 8.42 Å². The average molecular weight is 294 g/mol. The van der Waals surface area contributed by atoms with Crippen LogP contribution in [0.15, 0.2) is 9.64 Å². The lowest BCUT2D eigenvalue weighted by Crippen LogP contribution is -2.31. The van der Waals surface area contributed by atoms with Crippen LogP contribution in [0.5, 0.6) is 0 Å². The van der Waals surface area contributed by atoms with E-state index in [4.69, 9.17) is 16.0 Å². The first-order chi connectivity index (χ1) is 8.43. The number of alkyl halides is 1. The summed E-state index contributed by atoms with van der Waals surface area (Å²) in [7, 11) is -3.52. The van der Waals surface area contributed by atoms with Gasteiger partial charge in [0.25, 0.3) is 0 Å². The van der Waals surface area contributed by atoms with Crippen molar-refractivity contribution in [1.82, 2.24) is 15.1 Å². The van der Waals surface area contributed by atoms with Gasteiger partial charge in [0.05, 0.1) is 0 Å². The minimum absolute atomic E-state index is 0.121. The van der Waals surface area contributed by atoms with Crippen molar-refractivity contribution < 1.29 is 17.6 Å². The monoisotopic (exact) mass is 293 g/mol. The van der Waals surface area contributed by atoms with Crippen molar-refractivity contribution in [3.05, 3.63) is 5.89 Å². The molecule has 18 heavy (non-hydrogen) atoms. The van der Waals surface area contributed by atoms with Crippen LogP contribution >= 0.6 is 11.6 Å². The van der Waals surface area contributed by atoms with Crippen molar-refractivity contribution in [3.63, 3.8) is 0 Å². The van der Waals surface area contributed by atoms with E-state index in [9.17, 15) is 13.2 Å². The second kappa shape index (κ2) is 4.85. The lowest BCUT2D eigenvalue weighted by Gasteiger charge is -2.20. The van der Waals surface area contributed by atoms with Crippen LogP contribution in [-0.2, 0) is 14.6 Å². The molecule has 0 bridgehead atoms. The first kappa shape index (κ1) is 13.3. The molecule has 100 valence electrons. The highest BCUT2D eigenvalue weighted by Gasteiger charge is 2.34. The third-order valence-corrected chi connectivity index (χ3v) is 3.74. The summed E-state index contributed by atoms with van der Waals surface area (Å²) in [4.78, 5) is 13.1. The van der Waals surface area contributed by atoms with E-state index in [2.05, 4.69) is 10.2 Å². The van der Waals surface area contributed by atoms with Crippen molar-refractivity contribution in [2.24, 2.45) is 0 Å². The molecule has 9 heteroatoms. The molecule has 7 nitrogen and oxygen atoms in total. The summed E-state index contributed by atoms with van der Waals surface area (Å²) in [6.45, 7) is 0.562. The number of aromatic nitrogens is 2. The Balaban J connectivity index is 2.26. The Labute approximate surface area is 109 Å². The summed E-state index contributed by atoms with van der Waals surface area (Å²) >= 11 is 5.51. The number of nitrogens with zero attached hydrogens (tertiary/aromatic N) is 3. The van der Waals surface area contributed by atoms with Crippen LogP contribution in [0.1, 0.15) is 24.8 Å². The summed E-state index contributed by atoms with van der Waals surface area (Å²) in [5.74, 6) is -0.200. The fourth-order valence-corrected chi connectivity index (χ4v) is 2.48. The highest BCUT2D eigenvalue weighted by molar-refractivity contribution is 7.90. The zero-order chi connectivity index (χ0) is 13.3. The number of likely N-dealkylation sites (tertiary alicyclic amines) is 1. The van der Waals surface area contributed by atoms with E-state index in [1.54, 1.807) is 0 Å². The zero-order valence-electron chi connectivity index (χ0n) is 9.67. The summed E-state index contributed by atoms with van der Waals surface area (Å²) in [5, 5.41) is 6.75. The summed E-state index contributed by atoms with van der Waals surface area (Å²) < 4.78 is 27.6. The Morgan fingerprint density at radius 3 is 2.83 bits per heavy atom.